The lowest BCUT2D eigenvalue weighted by atomic mass is 10.1. The van der Waals surface area contributed by atoms with Crippen LogP contribution in [0.15, 0.2) is 34.9 Å². The van der Waals surface area contributed by atoms with Gasteiger partial charge in [0.15, 0.2) is 0 Å². The number of hydrogen-bond acceptors (Lipinski definition) is 1. The van der Waals surface area contributed by atoms with Crippen LogP contribution in [0.2, 0.25) is 0 Å². The lowest BCUT2D eigenvalue weighted by molar-refractivity contribution is -0.590. The average Bonchev–Trinajstić information content (AvgIpc) is 2.22. The molecule has 0 saturated carbocycles. The molecular weight excluding hydrogens is 287 g/mol. The van der Waals surface area contributed by atoms with Gasteiger partial charge in [-0.2, -0.15) is 17.9 Å². The average molecular weight is 292 g/mol. The van der Waals surface area contributed by atoms with Crippen LogP contribution in [0.4, 0.5) is 13.2 Å². The van der Waals surface area contributed by atoms with E-state index >= 15 is 0 Å². The summed E-state index contributed by atoms with van der Waals surface area (Å²) in [5, 5.41) is 11.8. The molecule has 0 aliphatic carbocycles. The molecule has 0 amide bonds. The van der Waals surface area contributed by atoms with Crippen LogP contribution in [-0.4, -0.2) is 0 Å². The molecular formula is C10H5BrF3NO. The highest BCUT2D eigenvalue weighted by Gasteiger charge is 2.37. The fraction of sp³-hybridized carbons (Fsp3) is 0.100. The largest absolute Gasteiger partial charge is 0.617 e. The van der Waals surface area contributed by atoms with Gasteiger partial charge in [-0.05, 0) is 12.1 Å². The molecule has 2 rings (SSSR count). The summed E-state index contributed by atoms with van der Waals surface area (Å²) in [5.41, 5.74) is -0.774. The van der Waals surface area contributed by atoms with Crippen LogP contribution in [0.5, 0.6) is 0 Å². The molecule has 0 unspecified atom stereocenters. The van der Waals surface area contributed by atoms with E-state index in [1.807, 2.05) is 0 Å². The van der Waals surface area contributed by atoms with Crippen LogP contribution >= 0.6 is 15.9 Å². The Labute approximate surface area is 97.0 Å². The summed E-state index contributed by atoms with van der Waals surface area (Å²) in [4.78, 5) is 0. The first-order chi connectivity index (χ1) is 7.41. The highest BCUT2D eigenvalue weighted by molar-refractivity contribution is 9.10. The minimum atomic E-state index is -4.55. The summed E-state index contributed by atoms with van der Waals surface area (Å²) in [7, 11) is 0. The van der Waals surface area contributed by atoms with Crippen molar-refractivity contribution in [1.82, 2.24) is 0 Å². The second kappa shape index (κ2) is 3.62. The van der Waals surface area contributed by atoms with Crippen LogP contribution < -0.4 is 4.73 Å². The number of para-hydroxylation sites is 1. The van der Waals surface area contributed by atoms with E-state index in [0.717, 1.165) is 6.07 Å². The zero-order chi connectivity index (χ0) is 11.9. The molecule has 0 atom stereocenters. The Bertz CT molecular complexity index is 553. The maximum atomic E-state index is 12.6. The SMILES string of the molecule is [O-][n+]1c(Br)c(C(F)(F)F)cc2ccccc21. The molecule has 2 aromatic rings. The van der Waals surface area contributed by atoms with E-state index in [1.165, 1.54) is 12.1 Å². The van der Waals surface area contributed by atoms with E-state index in [9.17, 15) is 18.4 Å². The number of halogens is 4. The van der Waals surface area contributed by atoms with Crippen LogP contribution in [-0.2, 0) is 6.18 Å². The van der Waals surface area contributed by atoms with Gasteiger partial charge in [-0.15, -0.1) is 0 Å². The smallest absolute Gasteiger partial charge is 0.423 e. The molecule has 6 heteroatoms. The molecule has 0 radical (unpaired) electrons. The number of pyridine rings is 1. The molecule has 1 aromatic carbocycles. The molecule has 0 aliphatic rings. The second-order valence-electron chi connectivity index (χ2n) is 3.20. The molecule has 16 heavy (non-hydrogen) atoms. The minimum Gasteiger partial charge on any atom is -0.617 e. The van der Waals surface area contributed by atoms with Gasteiger partial charge in [0, 0.05) is 27.4 Å². The van der Waals surface area contributed by atoms with Gasteiger partial charge < -0.3 is 5.21 Å². The van der Waals surface area contributed by atoms with E-state index in [-0.39, 0.29) is 15.6 Å². The van der Waals surface area contributed by atoms with Crippen molar-refractivity contribution in [1.29, 1.82) is 0 Å². The van der Waals surface area contributed by atoms with Crippen molar-refractivity contribution in [2.75, 3.05) is 0 Å². The number of hydrogen-bond donors (Lipinski definition) is 0. The normalized spacial score (nSPS) is 12.0. The Hall–Kier alpha value is -1.30. The maximum absolute atomic E-state index is 12.6. The lowest BCUT2D eigenvalue weighted by Crippen LogP contribution is -2.31. The summed E-state index contributed by atoms with van der Waals surface area (Å²) in [6.45, 7) is 0. The third-order valence-electron chi connectivity index (χ3n) is 2.16. The van der Waals surface area contributed by atoms with Crippen molar-refractivity contribution in [3.63, 3.8) is 0 Å². The first-order valence-electron chi connectivity index (χ1n) is 4.29. The van der Waals surface area contributed by atoms with Crippen molar-refractivity contribution in [2.24, 2.45) is 0 Å². The monoisotopic (exact) mass is 291 g/mol. The predicted molar refractivity (Wildman–Crippen MR) is 55.6 cm³/mol. The predicted octanol–water partition coefficient (Wildman–Crippen LogP) is 3.25. The van der Waals surface area contributed by atoms with E-state index < -0.39 is 16.3 Å². The Morgan fingerprint density at radius 1 is 1.19 bits per heavy atom. The molecule has 0 bridgehead atoms. The van der Waals surface area contributed by atoms with Gasteiger partial charge in [0.25, 0.3) is 4.60 Å². The van der Waals surface area contributed by atoms with E-state index in [1.54, 1.807) is 12.1 Å². The van der Waals surface area contributed by atoms with Gasteiger partial charge >= 0.3 is 6.18 Å². The van der Waals surface area contributed by atoms with Crippen molar-refractivity contribution in [3.8, 4) is 0 Å². The molecule has 0 aliphatic heterocycles. The van der Waals surface area contributed by atoms with E-state index in [0.29, 0.717) is 0 Å². The molecule has 0 saturated heterocycles. The molecule has 0 fully saturated rings. The Morgan fingerprint density at radius 3 is 2.44 bits per heavy atom. The number of alkyl halides is 3. The van der Waals surface area contributed by atoms with Crippen molar-refractivity contribution in [3.05, 3.63) is 45.7 Å². The first kappa shape index (κ1) is 11.2. The molecule has 0 spiro atoms. The van der Waals surface area contributed by atoms with Gasteiger partial charge in [-0.1, -0.05) is 12.1 Å². The zero-order valence-electron chi connectivity index (χ0n) is 7.75. The maximum Gasteiger partial charge on any atom is 0.423 e. The van der Waals surface area contributed by atoms with Crippen LogP contribution in [0, 0.1) is 5.21 Å². The standard InChI is InChI=1S/C10H5BrF3NO/c11-9-7(10(12,13)14)5-6-3-1-2-4-8(6)15(9)16/h1-5H. The minimum absolute atomic E-state index is 0.197. The van der Waals surface area contributed by atoms with Crippen molar-refractivity contribution in [2.45, 2.75) is 6.18 Å². The lowest BCUT2D eigenvalue weighted by Gasteiger charge is -2.10. The quantitative estimate of drug-likeness (QED) is 0.416. The topological polar surface area (TPSA) is 26.9 Å². The summed E-state index contributed by atoms with van der Waals surface area (Å²) in [6.07, 6.45) is -4.55. The number of fused-ring (bicyclic) bond motifs is 1. The van der Waals surface area contributed by atoms with Crippen molar-refractivity contribution >= 4 is 26.8 Å². The third kappa shape index (κ3) is 1.73. The summed E-state index contributed by atoms with van der Waals surface area (Å²) in [6, 6.07) is 7.05. The second-order valence-corrected chi connectivity index (χ2v) is 3.95. The fourth-order valence-corrected chi connectivity index (χ4v) is 1.95. The Kier molecular flexibility index (Phi) is 2.53. The highest BCUT2D eigenvalue weighted by Crippen LogP contribution is 2.34. The van der Waals surface area contributed by atoms with E-state index in [2.05, 4.69) is 15.9 Å². The zero-order valence-corrected chi connectivity index (χ0v) is 9.34. The number of nitrogens with zero attached hydrogens (tertiary/aromatic N) is 1. The summed E-state index contributed by atoms with van der Waals surface area (Å²) < 4.78 is 37.4. The van der Waals surface area contributed by atoms with Gasteiger partial charge in [-0.25, -0.2) is 0 Å². The highest BCUT2D eigenvalue weighted by atomic mass is 79.9. The molecule has 1 heterocycles. The van der Waals surface area contributed by atoms with Gasteiger partial charge in [0.2, 0.25) is 5.52 Å². The number of benzene rings is 1. The first-order valence-corrected chi connectivity index (χ1v) is 5.08. The van der Waals surface area contributed by atoms with Crippen LogP contribution in [0.1, 0.15) is 5.56 Å². The van der Waals surface area contributed by atoms with Gasteiger partial charge in [-0.3, -0.25) is 0 Å². The molecule has 84 valence electrons. The summed E-state index contributed by atoms with van der Waals surface area (Å²) in [5.74, 6) is 0. The molecule has 1 aromatic heterocycles. The molecule has 0 N–H and O–H groups in total. The van der Waals surface area contributed by atoms with E-state index in [4.69, 9.17) is 0 Å². The van der Waals surface area contributed by atoms with Gasteiger partial charge in [0.05, 0.1) is 0 Å². The van der Waals surface area contributed by atoms with Crippen LogP contribution in [0.3, 0.4) is 0 Å². The summed E-state index contributed by atoms with van der Waals surface area (Å²) >= 11 is 2.67. The van der Waals surface area contributed by atoms with Crippen LogP contribution in [0.25, 0.3) is 10.9 Å². The third-order valence-corrected chi connectivity index (χ3v) is 2.91. The Morgan fingerprint density at radius 2 is 1.81 bits per heavy atom. The number of aromatic nitrogens is 1. The Balaban J connectivity index is 2.84. The van der Waals surface area contributed by atoms with Crippen molar-refractivity contribution < 1.29 is 17.9 Å². The fourth-order valence-electron chi connectivity index (χ4n) is 1.42. The number of rotatable bonds is 0. The van der Waals surface area contributed by atoms with Gasteiger partial charge in [0.1, 0.15) is 5.56 Å². The molecule has 2 nitrogen and oxygen atoms in total.